The Balaban J connectivity index is 2.66. The summed E-state index contributed by atoms with van der Waals surface area (Å²) in [4.78, 5) is 24.5. The third-order valence-corrected chi connectivity index (χ3v) is 2.38. The summed E-state index contributed by atoms with van der Waals surface area (Å²) in [7, 11) is 1.83. The van der Waals surface area contributed by atoms with Crippen LogP contribution in [0.4, 0.5) is 0 Å². The van der Waals surface area contributed by atoms with E-state index in [2.05, 4.69) is 10.6 Å². The number of carbonyl (C=O) groups excluding carboxylic acids is 2. The molecule has 80 valence electrons. The molecule has 1 rings (SSSR count). The highest BCUT2D eigenvalue weighted by Crippen LogP contribution is 2.06. The van der Waals surface area contributed by atoms with Crippen molar-refractivity contribution in [3.63, 3.8) is 0 Å². The van der Waals surface area contributed by atoms with Crippen LogP contribution < -0.4 is 10.6 Å². The van der Waals surface area contributed by atoms with Gasteiger partial charge < -0.3 is 15.5 Å². The maximum Gasteiger partial charge on any atom is 0.245 e. The number of hydrogen-bond acceptors (Lipinski definition) is 3. The second-order valence-electron chi connectivity index (χ2n) is 3.66. The number of nitrogens with zero attached hydrogens (tertiary/aromatic N) is 1. The number of hydrogen-bond donors (Lipinski definition) is 2. The molecule has 5 heteroatoms. The summed E-state index contributed by atoms with van der Waals surface area (Å²) in [5.41, 5.74) is 0. The average Bonchev–Trinajstić information content (AvgIpc) is 2.11. The highest BCUT2D eigenvalue weighted by Gasteiger charge is 2.31. The summed E-state index contributed by atoms with van der Waals surface area (Å²) in [6.07, 6.45) is 0. The van der Waals surface area contributed by atoms with E-state index < -0.39 is 6.04 Å². The zero-order valence-electron chi connectivity index (χ0n) is 8.83. The number of nitrogens with one attached hydrogen (secondary N) is 2. The molecule has 1 fully saturated rings. The van der Waals surface area contributed by atoms with Gasteiger partial charge in [0.2, 0.25) is 11.8 Å². The second kappa shape index (κ2) is 4.41. The molecule has 2 atom stereocenters. The zero-order valence-corrected chi connectivity index (χ0v) is 8.83. The van der Waals surface area contributed by atoms with E-state index in [1.54, 1.807) is 11.8 Å². The quantitative estimate of drug-likeness (QED) is 0.609. The fourth-order valence-electron chi connectivity index (χ4n) is 1.61. The molecule has 2 amide bonds. The van der Waals surface area contributed by atoms with E-state index in [0.29, 0.717) is 6.54 Å². The highest BCUT2D eigenvalue weighted by molar-refractivity contribution is 5.94. The molecule has 2 N–H and O–H groups in total. The summed E-state index contributed by atoms with van der Waals surface area (Å²) in [5.74, 6) is -0.0904. The first-order valence-corrected chi connectivity index (χ1v) is 4.80. The fourth-order valence-corrected chi connectivity index (χ4v) is 1.61. The number of carbonyl (C=O) groups is 2. The molecule has 0 spiro atoms. The molecule has 1 aliphatic rings. The SMILES string of the molecule is CNCC(C)N1CC(=O)NC(C)C1=O. The van der Waals surface area contributed by atoms with Crippen LogP contribution in [0, 0.1) is 0 Å². The van der Waals surface area contributed by atoms with Crippen LogP contribution in [-0.4, -0.2) is 48.9 Å². The van der Waals surface area contributed by atoms with Crippen LogP contribution in [0.5, 0.6) is 0 Å². The molecule has 0 bridgehead atoms. The third kappa shape index (κ3) is 2.23. The van der Waals surface area contributed by atoms with Gasteiger partial charge in [0.1, 0.15) is 6.04 Å². The Morgan fingerprint density at radius 1 is 1.64 bits per heavy atom. The minimum absolute atomic E-state index is 0.00708. The molecule has 0 aromatic carbocycles. The fraction of sp³-hybridized carbons (Fsp3) is 0.778. The van der Waals surface area contributed by atoms with Crippen LogP contribution in [0.1, 0.15) is 13.8 Å². The molecular weight excluding hydrogens is 182 g/mol. The minimum atomic E-state index is -0.393. The van der Waals surface area contributed by atoms with Crippen molar-refractivity contribution in [2.45, 2.75) is 25.9 Å². The number of piperazine rings is 1. The van der Waals surface area contributed by atoms with Crippen molar-refractivity contribution in [3.05, 3.63) is 0 Å². The van der Waals surface area contributed by atoms with E-state index >= 15 is 0 Å². The Bertz CT molecular complexity index is 242. The van der Waals surface area contributed by atoms with E-state index in [4.69, 9.17) is 0 Å². The first-order chi connectivity index (χ1) is 6.56. The maximum absolute atomic E-state index is 11.7. The van der Waals surface area contributed by atoms with Crippen molar-refractivity contribution >= 4 is 11.8 Å². The monoisotopic (exact) mass is 199 g/mol. The molecule has 1 heterocycles. The van der Waals surface area contributed by atoms with Crippen LogP contribution in [0.3, 0.4) is 0 Å². The van der Waals surface area contributed by atoms with Crippen LogP contribution in [0.25, 0.3) is 0 Å². The van der Waals surface area contributed by atoms with Crippen molar-refractivity contribution < 1.29 is 9.59 Å². The van der Waals surface area contributed by atoms with Crippen LogP contribution in [0.2, 0.25) is 0 Å². The van der Waals surface area contributed by atoms with E-state index in [1.807, 2.05) is 14.0 Å². The molecule has 0 aromatic heterocycles. The Labute approximate surface area is 83.8 Å². The second-order valence-corrected chi connectivity index (χ2v) is 3.66. The smallest absolute Gasteiger partial charge is 0.245 e. The first-order valence-electron chi connectivity index (χ1n) is 4.80. The van der Waals surface area contributed by atoms with Gasteiger partial charge in [-0.25, -0.2) is 0 Å². The Morgan fingerprint density at radius 3 is 2.86 bits per heavy atom. The molecule has 0 aromatic rings. The topological polar surface area (TPSA) is 61.4 Å². The van der Waals surface area contributed by atoms with Gasteiger partial charge >= 0.3 is 0 Å². The van der Waals surface area contributed by atoms with Crippen molar-refractivity contribution in [2.75, 3.05) is 20.1 Å². The largest absolute Gasteiger partial charge is 0.343 e. The lowest BCUT2D eigenvalue weighted by Crippen LogP contribution is -2.60. The van der Waals surface area contributed by atoms with Crippen LogP contribution >= 0.6 is 0 Å². The van der Waals surface area contributed by atoms with E-state index in [9.17, 15) is 9.59 Å². The predicted molar refractivity (Wildman–Crippen MR) is 52.7 cm³/mol. The highest BCUT2D eigenvalue weighted by atomic mass is 16.2. The van der Waals surface area contributed by atoms with Gasteiger partial charge in [-0.1, -0.05) is 0 Å². The minimum Gasteiger partial charge on any atom is -0.343 e. The van der Waals surface area contributed by atoms with Crippen molar-refractivity contribution in [3.8, 4) is 0 Å². The molecule has 1 aliphatic heterocycles. The number of rotatable bonds is 3. The predicted octanol–water partition coefficient (Wildman–Crippen LogP) is -1.06. The molecule has 0 radical (unpaired) electrons. The van der Waals surface area contributed by atoms with Gasteiger partial charge in [-0.3, -0.25) is 9.59 Å². The third-order valence-electron chi connectivity index (χ3n) is 2.38. The van der Waals surface area contributed by atoms with E-state index in [1.165, 1.54) is 0 Å². The Kier molecular flexibility index (Phi) is 3.46. The summed E-state index contributed by atoms with van der Waals surface area (Å²) in [5, 5.41) is 5.59. The van der Waals surface area contributed by atoms with Crippen LogP contribution in [-0.2, 0) is 9.59 Å². The van der Waals surface area contributed by atoms with Gasteiger partial charge in [0.15, 0.2) is 0 Å². The standard InChI is InChI=1S/C9H17N3O2/c1-6(4-10-3)12-5-8(13)11-7(2)9(12)14/h6-7,10H,4-5H2,1-3H3,(H,11,13). The molecule has 14 heavy (non-hydrogen) atoms. The average molecular weight is 199 g/mol. The molecule has 0 aliphatic carbocycles. The summed E-state index contributed by atoms with van der Waals surface area (Å²) < 4.78 is 0. The lowest BCUT2D eigenvalue weighted by Gasteiger charge is -2.35. The molecule has 1 saturated heterocycles. The normalized spacial score (nSPS) is 24.8. The van der Waals surface area contributed by atoms with Crippen molar-refractivity contribution in [1.29, 1.82) is 0 Å². The van der Waals surface area contributed by atoms with Crippen molar-refractivity contribution in [1.82, 2.24) is 15.5 Å². The summed E-state index contributed by atoms with van der Waals surface area (Å²) >= 11 is 0. The van der Waals surface area contributed by atoms with E-state index in [-0.39, 0.29) is 24.4 Å². The van der Waals surface area contributed by atoms with Gasteiger partial charge in [0, 0.05) is 12.6 Å². The maximum atomic E-state index is 11.7. The number of likely N-dealkylation sites (N-methyl/N-ethyl adjacent to an activating group) is 1. The first kappa shape index (κ1) is 11.0. The van der Waals surface area contributed by atoms with Crippen molar-refractivity contribution in [2.24, 2.45) is 0 Å². The zero-order chi connectivity index (χ0) is 10.7. The van der Waals surface area contributed by atoms with Gasteiger partial charge in [-0.15, -0.1) is 0 Å². The van der Waals surface area contributed by atoms with Gasteiger partial charge in [0.05, 0.1) is 6.54 Å². The van der Waals surface area contributed by atoms with Gasteiger partial charge in [-0.05, 0) is 20.9 Å². The van der Waals surface area contributed by atoms with Crippen LogP contribution in [0.15, 0.2) is 0 Å². The van der Waals surface area contributed by atoms with Gasteiger partial charge in [0.25, 0.3) is 0 Å². The lowest BCUT2D eigenvalue weighted by molar-refractivity contribution is -0.145. The number of amides is 2. The van der Waals surface area contributed by atoms with E-state index in [0.717, 1.165) is 0 Å². The Hall–Kier alpha value is -1.10. The van der Waals surface area contributed by atoms with Gasteiger partial charge in [-0.2, -0.15) is 0 Å². The summed E-state index contributed by atoms with van der Waals surface area (Å²) in [6, 6.07) is -0.337. The lowest BCUT2D eigenvalue weighted by atomic mass is 10.1. The molecule has 0 saturated carbocycles. The molecular formula is C9H17N3O2. The molecule has 5 nitrogen and oxygen atoms in total. The molecule has 2 unspecified atom stereocenters. The Morgan fingerprint density at radius 2 is 2.29 bits per heavy atom. The summed E-state index contributed by atoms with van der Waals surface area (Å²) in [6.45, 7) is 4.51.